The number of fused-ring (bicyclic) bond motifs is 4. The molecular weight excluding hydrogens is 847 g/mol. The van der Waals surface area contributed by atoms with Crippen LogP contribution in [0.5, 0.6) is 23.0 Å². The molecule has 2 unspecified atom stereocenters. The van der Waals surface area contributed by atoms with E-state index in [9.17, 15) is 9.59 Å². The minimum absolute atomic E-state index is 0.196. The van der Waals surface area contributed by atoms with E-state index in [1.807, 2.05) is 93.5 Å². The highest BCUT2D eigenvalue weighted by Gasteiger charge is 2.64. The Morgan fingerprint density at radius 3 is 1.09 bits per heavy atom. The van der Waals surface area contributed by atoms with Gasteiger partial charge in [-0.15, -0.1) is 0 Å². The molecule has 0 fully saturated rings. The number of carbonyl (C=O) groups is 2. The second kappa shape index (κ2) is 16.7. The zero-order chi connectivity index (χ0) is 47.9. The average Bonchev–Trinajstić information content (AvgIpc) is 3.14. The first-order valence-electron chi connectivity index (χ1n) is 22.0. The van der Waals surface area contributed by atoms with E-state index in [1.165, 1.54) is 0 Å². The zero-order valence-corrected chi connectivity index (χ0v) is 43.0. The SMILES string of the molecule is COC(=O)[C@@H]([C@H](C(=O)OC)P1(=O)Oc2cc(C(C)(C)C)cc(C)c2Cc2c(C)ccc(C(C)(C)C)c2O1)P1(=O)Oc2cc(C(C)(C)C)cc(C)c2Cc2c(C)ccc(C(C)(C)C)c2O1. The largest absolute Gasteiger partial charge is 0.468 e. The molecule has 10 nitrogen and oxygen atoms in total. The van der Waals surface area contributed by atoms with Gasteiger partial charge in [0, 0.05) is 46.2 Å². The van der Waals surface area contributed by atoms with Gasteiger partial charge in [0.25, 0.3) is 0 Å². The van der Waals surface area contributed by atoms with Crippen LogP contribution in [0.4, 0.5) is 0 Å². The Balaban J connectivity index is 1.76. The Bertz CT molecular complexity index is 2450. The van der Waals surface area contributed by atoms with Gasteiger partial charge in [0.15, 0.2) is 0 Å². The summed E-state index contributed by atoms with van der Waals surface area (Å²) in [6.07, 6.45) is 0.700. The van der Waals surface area contributed by atoms with E-state index in [2.05, 4.69) is 53.7 Å². The maximum atomic E-state index is 16.7. The number of methoxy groups -OCH3 is 2. The molecule has 2 aliphatic rings. The van der Waals surface area contributed by atoms with Crippen molar-refractivity contribution in [2.75, 3.05) is 14.2 Å². The van der Waals surface area contributed by atoms with Crippen LogP contribution in [0, 0.1) is 27.7 Å². The minimum Gasteiger partial charge on any atom is -0.468 e. The van der Waals surface area contributed by atoms with Crippen molar-refractivity contribution < 1.29 is 46.3 Å². The van der Waals surface area contributed by atoms with Crippen molar-refractivity contribution in [2.24, 2.45) is 0 Å². The van der Waals surface area contributed by atoms with E-state index >= 15 is 9.13 Å². The summed E-state index contributed by atoms with van der Waals surface area (Å²) in [6, 6.07) is 15.6. The van der Waals surface area contributed by atoms with Crippen molar-refractivity contribution in [3.63, 3.8) is 0 Å². The van der Waals surface area contributed by atoms with Gasteiger partial charge in [0.2, 0.25) is 11.3 Å². The molecule has 0 aliphatic carbocycles. The number of hydrogen-bond acceptors (Lipinski definition) is 10. The molecule has 2 heterocycles. The summed E-state index contributed by atoms with van der Waals surface area (Å²) >= 11 is 0. The lowest BCUT2D eigenvalue weighted by Crippen LogP contribution is -2.45. The van der Waals surface area contributed by atoms with E-state index in [-0.39, 0.29) is 33.8 Å². The maximum absolute atomic E-state index is 16.7. The van der Waals surface area contributed by atoms with E-state index in [0.29, 0.717) is 35.1 Å². The topological polar surface area (TPSA) is 124 Å². The van der Waals surface area contributed by atoms with Crippen molar-refractivity contribution >= 4 is 27.1 Å². The van der Waals surface area contributed by atoms with Crippen molar-refractivity contribution in [1.29, 1.82) is 0 Å². The Labute approximate surface area is 381 Å². The molecule has 0 amide bonds. The monoisotopic (exact) mass is 914 g/mol. The Kier molecular flexibility index (Phi) is 12.8. The van der Waals surface area contributed by atoms with Gasteiger partial charge in [-0.25, -0.2) is 9.13 Å². The van der Waals surface area contributed by atoms with Crippen molar-refractivity contribution in [3.8, 4) is 23.0 Å². The highest BCUT2D eigenvalue weighted by atomic mass is 31.2. The molecule has 346 valence electrons. The molecule has 64 heavy (non-hydrogen) atoms. The van der Waals surface area contributed by atoms with E-state index in [1.54, 1.807) is 12.1 Å². The van der Waals surface area contributed by atoms with E-state index in [4.69, 9.17) is 27.6 Å². The van der Waals surface area contributed by atoms with Gasteiger partial charge in [-0.2, -0.15) is 0 Å². The van der Waals surface area contributed by atoms with E-state index in [0.717, 1.165) is 58.7 Å². The molecule has 0 spiro atoms. The number of rotatable bonds is 5. The van der Waals surface area contributed by atoms with Gasteiger partial charge >= 0.3 is 27.1 Å². The third-order valence-corrected chi connectivity index (χ3v) is 17.1. The summed E-state index contributed by atoms with van der Waals surface area (Å²) in [5.74, 6) is -1.52. The van der Waals surface area contributed by atoms with E-state index < -0.39 is 49.3 Å². The second-order valence-electron chi connectivity index (χ2n) is 21.7. The fraction of sp³-hybridized carbons (Fsp3) is 0.500. The molecule has 0 radical (unpaired) electrons. The normalized spacial score (nSPS) is 19.7. The number of benzene rings is 4. The smallest absolute Gasteiger partial charge is 0.446 e. The van der Waals surface area contributed by atoms with Gasteiger partial charge < -0.3 is 27.6 Å². The molecule has 0 bridgehead atoms. The summed E-state index contributed by atoms with van der Waals surface area (Å²) in [5.41, 5.74) is 3.07. The van der Waals surface area contributed by atoms with Crippen LogP contribution in [0.1, 0.15) is 150 Å². The molecular formula is C52H68O10P2. The Morgan fingerprint density at radius 1 is 0.484 bits per heavy atom. The zero-order valence-electron chi connectivity index (χ0n) is 41.2. The molecule has 2 aliphatic heterocycles. The number of carbonyl (C=O) groups excluding carboxylic acids is 2. The summed E-state index contributed by atoms with van der Waals surface area (Å²) in [4.78, 5) is 29.8. The predicted octanol–water partition coefficient (Wildman–Crippen LogP) is 13.0. The summed E-state index contributed by atoms with van der Waals surface area (Å²) in [5, 5.41) is 0. The molecule has 0 aromatic heterocycles. The molecule has 12 heteroatoms. The third kappa shape index (κ3) is 9.16. The van der Waals surface area contributed by atoms with Crippen LogP contribution in [0.2, 0.25) is 0 Å². The Morgan fingerprint density at radius 2 is 0.812 bits per heavy atom. The molecule has 0 saturated heterocycles. The molecule has 4 aromatic rings. The Hall–Kier alpha value is -4.52. The summed E-state index contributed by atoms with van der Waals surface area (Å²) in [7, 11) is -8.14. The molecule has 6 rings (SSSR count). The highest BCUT2D eigenvalue weighted by molar-refractivity contribution is 7.61. The molecule has 0 saturated carbocycles. The molecule has 4 atom stereocenters. The van der Waals surface area contributed by atoms with Crippen LogP contribution >= 0.6 is 15.2 Å². The second-order valence-corrected chi connectivity index (χ2v) is 25.8. The minimum atomic E-state index is -5.17. The fourth-order valence-electron chi connectivity index (χ4n) is 8.58. The van der Waals surface area contributed by atoms with Crippen LogP contribution in [0.25, 0.3) is 0 Å². The van der Waals surface area contributed by atoms with Gasteiger partial charge in [-0.3, -0.25) is 9.59 Å². The summed E-state index contributed by atoms with van der Waals surface area (Å²) in [6.45, 7) is 32.2. The van der Waals surface area contributed by atoms with Crippen LogP contribution in [-0.2, 0) is 62.7 Å². The lowest BCUT2D eigenvalue weighted by molar-refractivity contribution is -0.147. The van der Waals surface area contributed by atoms with Crippen molar-refractivity contribution in [2.45, 2.75) is 157 Å². The lowest BCUT2D eigenvalue weighted by atomic mass is 9.82. The first-order valence-corrected chi connectivity index (χ1v) is 25.2. The van der Waals surface area contributed by atoms with Crippen molar-refractivity contribution in [1.82, 2.24) is 0 Å². The standard InChI is InChI=1S/C52H68O10P2/c1-29-19-21-39(51(11,12)13)43-37(29)27-35-31(3)23-33(49(5,6)7)25-41(35)59-63(55,61-43)45(47(53)57-17)46(48(54)58-18)64(56)60-42-26-34(50(8,9)10)24-32(4)36(42)28-38-30(2)20-22-40(44(38)62-64)52(14,15)16/h19-26,45-46H,27-28H2,1-18H3/t45-,46-,63?,64?/m1/s1. The fourth-order valence-corrected chi connectivity index (χ4v) is 13.6. The van der Waals surface area contributed by atoms with Crippen LogP contribution < -0.4 is 18.1 Å². The number of esters is 2. The number of aryl methyl sites for hydroxylation is 4. The highest BCUT2D eigenvalue weighted by Crippen LogP contribution is 2.67. The molecule has 4 aromatic carbocycles. The van der Waals surface area contributed by atoms with Crippen LogP contribution in [0.15, 0.2) is 48.5 Å². The maximum Gasteiger partial charge on any atom is 0.446 e. The van der Waals surface area contributed by atoms with Crippen LogP contribution in [-0.4, -0.2) is 37.5 Å². The first-order chi connectivity index (χ1) is 29.3. The van der Waals surface area contributed by atoms with Gasteiger partial charge in [0.05, 0.1) is 14.2 Å². The quantitative estimate of drug-likeness (QED) is 0.141. The van der Waals surface area contributed by atoms with Crippen LogP contribution in [0.3, 0.4) is 0 Å². The number of hydrogen-bond donors (Lipinski definition) is 0. The average molecular weight is 915 g/mol. The lowest BCUT2D eigenvalue weighted by Gasteiger charge is -2.38. The van der Waals surface area contributed by atoms with Gasteiger partial charge in [-0.05, 0) is 94.9 Å². The van der Waals surface area contributed by atoms with Gasteiger partial charge in [-0.1, -0.05) is 119 Å². The predicted molar refractivity (Wildman–Crippen MR) is 254 cm³/mol. The van der Waals surface area contributed by atoms with Gasteiger partial charge in [0.1, 0.15) is 23.0 Å². The van der Waals surface area contributed by atoms with Crippen molar-refractivity contribution in [3.05, 3.63) is 115 Å². The first kappa shape index (κ1) is 48.9. The third-order valence-electron chi connectivity index (χ3n) is 12.7. The number of ether oxygens (including phenoxy) is 2. The molecule has 0 N–H and O–H groups in total. The summed E-state index contributed by atoms with van der Waals surface area (Å²) < 4.78 is 71.6.